The van der Waals surface area contributed by atoms with E-state index in [9.17, 15) is 4.79 Å². The number of benzene rings is 2. The monoisotopic (exact) mass is 372 g/mol. The van der Waals surface area contributed by atoms with Crippen LogP contribution in [-0.2, 0) is 13.0 Å². The maximum atomic E-state index is 13.0. The number of anilines is 2. The van der Waals surface area contributed by atoms with Gasteiger partial charge < -0.3 is 10.2 Å². The second-order valence-electron chi connectivity index (χ2n) is 7.40. The van der Waals surface area contributed by atoms with Crippen LogP contribution in [0.2, 0.25) is 0 Å². The Morgan fingerprint density at radius 2 is 1.79 bits per heavy atom. The third-order valence-corrected chi connectivity index (χ3v) is 5.15. The van der Waals surface area contributed by atoms with Crippen LogP contribution in [-0.4, -0.2) is 27.3 Å². The first kappa shape index (κ1) is 18.2. The SMILES string of the molecule is CC(C)c1ccccc1Nc1cc(C(=O)N2CCc3ccccc3C2)ncn1. The van der Waals surface area contributed by atoms with E-state index in [1.54, 1.807) is 6.07 Å². The molecule has 0 atom stereocenters. The van der Waals surface area contributed by atoms with Crippen molar-refractivity contribution in [1.29, 1.82) is 0 Å². The molecule has 0 saturated heterocycles. The number of amides is 1. The third-order valence-electron chi connectivity index (χ3n) is 5.15. The van der Waals surface area contributed by atoms with Gasteiger partial charge in [-0.15, -0.1) is 0 Å². The van der Waals surface area contributed by atoms with Crippen molar-refractivity contribution in [3.63, 3.8) is 0 Å². The minimum Gasteiger partial charge on any atom is -0.340 e. The zero-order chi connectivity index (χ0) is 19.5. The number of para-hydroxylation sites is 1. The molecule has 1 aliphatic rings. The molecule has 2 heterocycles. The molecular weight excluding hydrogens is 348 g/mol. The summed E-state index contributed by atoms with van der Waals surface area (Å²) in [6.07, 6.45) is 2.32. The number of aromatic nitrogens is 2. The van der Waals surface area contributed by atoms with Crippen LogP contribution < -0.4 is 5.32 Å². The molecule has 2 aromatic carbocycles. The lowest BCUT2D eigenvalue weighted by molar-refractivity contribution is 0.0728. The largest absolute Gasteiger partial charge is 0.340 e. The van der Waals surface area contributed by atoms with Crippen LogP contribution in [0.25, 0.3) is 0 Å². The molecule has 5 nitrogen and oxygen atoms in total. The summed E-state index contributed by atoms with van der Waals surface area (Å²) in [6, 6.07) is 18.2. The van der Waals surface area contributed by atoms with Gasteiger partial charge in [-0.1, -0.05) is 56.3 Å². The summed E-state index contributed by atoms with van der Waals surface area (Å²) < 4.78 is 0. The van der Waals surface area contributed by atoms with Gasteiger partial charge in [-0.05, 0) is 35.1 Å². The van der Waals surface area contributed by atoms with Crippen LogP contribution in [0.15, 0.2) is 60.9 Å². The maximum Gasteiger partial charge on any atom is 0.272 e. The molecule has 0 radical (unpaired) electrons. The van der Waals surface area contributed by atoms with E-state index in [1.165, 1.54) is 23.0 Å². The lowest BCUT2D eigenvalue weighted by atomic mass is 10.00. The summed E-state index contributed by atoms with van der Waals surface area (Å²) >= 11 is 0. The van der Waals surface area contributed by atoms with Gasteiger partial charge in [-0.25, -0.2) is 9.97 Å². The van der Waals surface area contributed by atoms with Crippen molar-refractivity contribution in [1.82, 2.24) is 14.9 Å². The van der Waals surface area contributed by atoms with Gasteiger partial charge in [0.05, 0.1) is 0 Å². The smallest absolute Gasteiger partial charge is 0.272 e. The van der Waals surface area contributed by atoms with Crippen molar-refractivity contribution < 1.29 is 4.79 Å². The molecule has 3 aromatic rings. The van der Waals surface area contributed by atoms with E-state index in [4.69, 9.17) is 0 Å². The fourth-order valence-corrected chi connectivity index (χ4v) is 3.63. The van der Waals surface area contributed by atoms with Crippen LogP contribution in [0.4, 0.5) is 11.5 Å². The number of rotatable bonds is 4. The molecule has 0 saturated carbocycles. The van der Waals surface area contributed by atoms with Gasteiger partial charge in [0.2, 0.25) is 0 Å². The molecule has 1 aliphatic heterocycles. The molecule has 28 heavy (non-hydrogen) atoms. The van der Waals surface area contributed by atoms with Crippen molar-refractivity contribution in [3.8, 4) is 0 Å². The predicted molar refractivity (Wildman–Crippen MR) is 111 cm³/mol. The number of hydrogen-bond acceptors (Lipinski definition) is 4. The molecule has 4 rings (SSSR count). The number of hydrogen-bond donors (Lipinski definition) is 1. The molecule has 0 spiro atoms. The van der Waals surface area contributed by atoms with E-state index in [0.717, 1.165) is 12.1 Å². The predicted octanol–water partition coefficient (Wildman–Crippen LogP) is 4.54. The summed E-state index contributed by atoms with van der Waals surface area (Å²) in [5.74, 6) is 0.959. The molecular formula is C23H24N4O. The zero-order valence-corrected chi connectivity index (χ0v) is 16.2. The second-order valence-corrected chi connectivity index (χ2v) is 7.40. The highest BCUT2D eigenvalue weighted by Crippen LogP contribution is 2.26. The maximum absolute atomic E-state index is 13.0. The van der Waals surface area contributed by atoms with Crippen LogP contribution in [0.1, 0.15) is 46.9 Å². The first-order valence-electron chi connectivity index (χ1n) is 9.66. The van der Waals surface area contributed by atoms with Crippen molar-refractivity contribution in [2.45, 2.75) is 32.7 Å². The molecule has 0 fully saturated rings. The minimum atomic E-state index is -0.0582. The third kappa shape index (κ3) is 3.74. The van der Waals surface area contributed by atoms with Crippen molar-refractivity contribution in [2.24, 2.45) is 0 Å². The standard InChI is InChI=1S/C23H24N4O/c1-16(2)19-9-5-6-10-20(19)26-22-13-21(24-15-25-22)23(28)27-12-11-17-7-3-4-8-18(17)14-27/h3-10,13,15-16H,11-12,14H2,1-2H3,(H,24,25,26). The van der Waals surface area contributed by atoms with E-state index < -0.39 is 0 Å². The number of nitrogens with zero attached hydrogens (tertiary/aromatic N) is 3. The molecule has 1 aromatic heterocycles. The highest BCUT2D eigenvalue weighted by atomic mass is 16.2. The second kappa shape index (κ2) is 7.80. The molecule has 0 unspecified atom stereocenters. The average molecular weight is 372 g/mol. The molecule has 1 N–H and O–H groups in total. The quantitative estimate of drug-likeness (QED) is 0.730. The average Bonchev–Trinajstić information content (AvgIpc) is 2.73. The van der Waals surface area contributed by atoms with E-state index in [1.807, 2.05) is 35.2 Å². The van der Waals surface area contributed by atoms with Gasteiger partial charge in [0.1, 0.15) is 17.8 Å². The van der Waals surface area contributed by atoms with Gasteiger partial charge >= 0.3 is 0 Å². The zero-order valence-electron chi connectivity index (χ0n) is 16.2. The number of carbonyl (C=O) groups excluding carboxylic acids is 1. The number of fused-ring (bicyclic) bond motifs is 1. The lowest BCUT2D eigenvalue weighted by Gasteiger charge is -2.28. The highest BCUT2D eigenvalue weighted by Gasteiger charge is 2.22. The fourth-order valence-electron chi connectivity index (χ4n) is 3.63. The van der Waals surface area contributed by atoms with Gasteiger partial charge in [0.15, 0.2) is 0 Å². The van der Waals surface area contributed by atoms with Crippen LogP contribution in [0.5, 0.6) is 0 Å². The van der Waals surface area contributed by atoms with Crippen LogP contribution >= 0.6 is 0 Å². The lowest BCUT2D eigenvalue weighted by Crippen LogP contribution is -2.36. The summed E-state index contributed by atoms with van der Waals surface area (Å²) in [5, 5.41) is 3.35. The summed E-state index contributed by atoms with van der Waals surface area (Å²) in [5.41, 5.74) is 5.16. The number of nitrogens with one attached hydrogen (secondary N) is 1. The van der Waals surface area contributed by atoms with Gasteiger partial charge in [0.25, 0.3) is 5.91 Å². The topological polar surface area (TPSA) is 58.1 Å². The Labute approximate surface area is 165 Å². The Morgan fingerprint density at radius 1 is 1.04 bits per heavy atom. The fraction of sp³-hybridized carbons (Fsp3) is 0.261. The van der Waals surface area contributed by atoms with Gasteiger partial charge in [-0.2, -0.15) is 0 Å². The van der Waals surface area contributed by atoms with Crippen molar-refractivity contribution in [2.75, 3.05) is 11.9 Å². The summed E-state index contributed by atoms with van der Waals surface area (Å²) in [4.78, 5) is 23.4. The minimum absolute atomic E-state index is 0.0582. The first-order valence-corrected chi connectivity index (χ1v) is 9.66. The Morgan fingerprint density at radius 3 is 2.61 bits per heavy atom. The van der Waals surface area contributed by atoms with E-state index >= 15 is 0 Å². The first-order chi connectivity index (χ1) is 13.6. The van der Waals surface area contributed by atoms with Crippen LogP contribution in [0, 0.1) is 0 Å². The summed E-state index contributed by atoms with van der Waals surface area (Å²) in [7, 11) is 0. The Hall–Kier alpha value is -3.21. The van der Waals surface area contributed by atoms with Gasteiger partial charge in [-0.3, -0.25) is 4.79 Å². The molecule has 0 bridgehead atoms. The highest BCUT2D eigenvalue weighted by molar-refractivity contribution is 5.93. The molecule has 142 valence electrons. The molecule has 0 aliphatic carbocycles. The Bertz CT molecular complexity index is 999. The molecule has 1 amide bonds. The molecule has 5 heteroatoms. The van der Waals surface area contributed by atoms with Gasteiger partial charge in [0, 0.05) is 24.8 Å². The van der Waals surface area contributed by atoms with Crippen molar-refractivity contribution >= 4 is 17.4 Å². The normalized spacial score (nSPS) is 13.3. The summed E-state index contributed by atoms with van der Waals surface area (Å²) in [6.45, 7) is 5.64. The van der Waals surface area contributed by atoms with Crippen LogP contribution in [0.3, 0.4) is 0 Å². The van der Waals surface area contributed by atoms with E-state index in [0.29, 0.717) is 30.5 Å². The van der Waals surface area contributed by atoms with Crippen molar-refractivity contribution in [3.05, 3.63) is 83.3 Å². The van der Waals surface area contributed by atoms with E-state index in [-0.39, 0.29) is 5.91 Å². The Balaban J connectivity index is 1.54. The Kier molecular flexibility index (Phi) is 5.06. The van der Waals surface area contributed by atoms with E-state index in [2.05, 4.69) is 47.3 Å². The number of carbonyl (C=O) groups is 1.